The molecule has 1 aromatic heterocycles. The van der Waals surface area contributed by atoms with Gasteiger partial charge in [-0.2, -0.15) is 4.98 Å². The molecule has 2 fully saturated rings. The molecule has 1 saturated carbocycles. The SMILES string of the molecule is CCN1C(=O)N(C)c2cnc(Nc3cc(F)c(C(=O)N[C@@H]4CCN(C)C4)cc3OC)nc2N1C1CCCC1. The Hall–Kier alpha value is -3.67. The molecule has 1 saturated heterocycles. The first kappa shape index (κ1) is 26.0. The van der Waals surface area contributed by atoms with Crippen LogP contribution in [0.3, 0.4) is 0 Å². The lowest BCUT2D eigenvalue weighted by Crippen LogP contribution is -2.59. The van der Waals surface area contributed by atoms with Gasteiger partial charge in [0.05, 0.1) is 30.6 Å². The van der Waals surface area contributed by atoms with Crippen LogP contribution in [0.2, 0.25) is 0 Å². The fourth-order valence-electron chi connectivity index (χ4n) is 5.55. The second-order valence-electron chi connectivity index (χ2n) is 10.1. The van der Waals surface area contributed by atoms with Gasteiger partial charge in [0.1, 0.15) is 17.3 Å². The molecule has 2 N–H and O–H groups in total. The number of nitrogens with zero attached hydrogens (tertiary/aromatic N) is 6. The molecule has 204 valence electrons. The molecule has 11 nitrogen and oxygen atoms in total. The third-order valence-corrected chi connectivity index (χ3v) is 7.57. The van der Waals surface area contributed by atoms with Crippen molar-refractivity contribution in [2.24, 2.45) is 0 Å². The van der Waals surface area contributed by atoms with E-state index in [0.717, 1.165) is 45.2 Å². The summed E-state index contributed by atoms with van der Waals surface area (Å²) in [5.41, 5.74) is 0.821. The van der Waals surface area contributed by atoms with Gasteiger partial charge < -0.3 is 20.3 Å². The minimum absolute atomic E-state index is 0.0184. The molecule has 0 bridgehead atoms. The number of aromatic nitrogens is 2. The number of ether oxygens (including phenoxy) is 1. The van der Waals surface area contributed by atoms with E-state index >= 15 is 4.39 Å². The monoisotopic (exact) mass is 526 g/mol. The molecule has 0 unspecified atom stereocenters. The Bertz CT molecular complexity index is 1220. The highest BCUT2D eigenvalue weighted by atomic mass is 19.1. The quantitative estimate of drug-likeness (QED) is 0.566. The van der Waals surface area contributed by atoms with Crippen molar-refractivity contribution in [1.82, 2.24) is 25.2 Å². The second kappa shape index (κ2) is 10.6. The number of likely N-dealkylation sites (tertiary alicyclic amines) is 1. The summed E-state index contributed by atoms with van der Waals surface area (Å²) in [7, 11) is 5.15. The zero-order chi connectivity index (χ0) is 27.0. The smallest absolute Gasteiger partial charge is 0.343 e. The average molecular weight is 527 g/mol. The Balaban J connectivity index is 1.43. The molecule has 1 atom stereocenters. The number of fused-ring (bicyclic) bond motifs is 1. The number of urea groups is 1. The van der Waals surface area contributed by atoms with E-state index in [0.29, 0.717) is 23.7 Å². The van der Waals surface area contributed by atoms with E-state index in [1.54, 1.807) is 23.2 Å². The minimum atomic E-state index is -0.676. The number of methoxy groups -OCH3 is 1. The van der Waals surface area contributed by atoms with E-state index in [1.165, 1.54) is 19.2 Å². The van der Waals surface area contributed by atoms with Gasteiger partial charge in [-0.05, 0) is 45.8 Å². The molecule has 38 heavy (non-hydrogen) atoms. The second-order valence-corrected chi connectivity index (χ2v) is 10.1. The number of carbonyl (C=O) groups is 2. The van der Waals surface area contributed by atoms with Gasteiger partial charge in [0, 0.05) is 32.2 Å². The number of amides is 3. The number of hydrazine groups is 1. The van der Waals surface area contributed by atoms with Crippen LogP contribution < -0.4 is 25.3 Å². The number of carbonyl (C=O) groups excluding carboxylic acids is 2. The van der Waals surface area contributed by atoms with Crippen molar-refractivity contribution in [3.8, 4) is 5.75 Å². The van der Waals surface area contributed by atoms with Crippen molar-refractivity contribution < 1.29 is 18.7 Å². The predicted molar refractivity (Wildman–Crippen MR) is 143 cm³/mol. The summed E-state index contributed by atoms with van der Waals surface area (Å²) in [4.78, 5) is 38.7. The van der Waals surface area contributed by atoms with Gasteiger partial charge in [-0.25, -0.2) is 19.2 Å². The lowest BCUT2D eigenvalue weighted by Gasteiger charge is -2.45. The number of anilines is 4. The Morgan fingerprint density at radius 2 is 1.97 bits per heavy atom. The van der Waals surface area contributed by atoms with Crippen LogP contribution in [-0.2, 0) is 0 Å². The highest BCUT2D eigenvalue weighted by Gasteiger charge is 2.39. The van der Waals surface area contributed by atoms with Gasteiger partial charge in [-0.1, -0.05) is 12.8 Å². The van der Waals surface area contributed by atoms with Crippen molar-refractivity contribution in [3.05, 3.63) is 29.7 Å². The van der Waals surface area contributed by atoms with E-state index in [2.05, 4.69) is 20.5 Å². The molecule has 3 heterocycles. The van der Waals surface area contributed by atoms with Crippen LogP contribution in [0, 0.1) is 5.82 Å². The highest BCUT2D eigenvalue weighted by molar-refractivity contribution is 5.99. The Kier molecular flexibility index (Phi) is 7.24. The van der Waals surface area contributed by atoms with Crippen molar-refractivity contribution in [3.63, 3.8) is 0 Å². The van der Waals surface area contributed by atoms with E-state index in [-0.39, 0.29) is 35.4 Å². The zero-order valence-corrected chi connectivity index (χ0v) is 22.3. The number of nitrogens with one attached hydrogen (secondary N) is 2. The van der Waals surface area contributed by atoms with E-state index in [9.17, 15) is 9.59 Å². The van der Waals surface area contributed by atoms with E-state index in [4.69, 9.17) is 9.72 Å². The molecule has 3 amide bonds. The molecule has 2 aliphatic heterocycles. The first-order chi connectivity index (χ1) is 18.3. The normalized spacial score (nSPS) is 20.2. The van der Waals surface area contributed by atoms with Crippen molar-refractivity contribution in [1.29, 1.82) is 0 Å². The third-order valence-electron chi connectivity index (χ3n) is 7.57. The number of halogens is 1. The first-order valence-electron chi connectivity index (χ1n) is 13.2. The summed E-state index contributed by atoms with van der Waals surface area (Å²) in [5.74, 6) is -0.0104. The summed E-state index contributed by atoms with van der Waals surface area (Å²) in [6, 6.07) is 2.63. The zero-order valence-electron chi connectivity index (χ0n) is 22.3. The average Bonchev–Trinajstić information content (AvgIpc) is 3.58. The highest BCUT2D eigenvalue weighted by Crippen LogP contribution is 2.39. The third kappa shape index (κ3) is 4.80. The molecular weight excluding hydrogens is 491 g/mol. The summed E-state index contributed by atoms with van der Waals surface area (Å²) in [6.45, 7) is 4.06. The summed E-state index contributed by atoms with van der Waals surface area (Å²) < 4.78 is 20.6. The van der Waals surface area contributed by atoms with Crippen LogP contribution in [0.15, 0.2) is 18.3 Å². The van der Waals surface area contributed by atoms with Gasteiger partial charge in [-0.15, -0.1) is 0 Å². The van der Waals surface area contributed by atoms with Crippen LogP contribution in [0.25, 0.3) is 0 Å². The lowest BCUT2D eigenvalue weighted by molar-refractivity contribution is 0.0934. The minimum Gasteiger partial charge on any atom is -0.495 e. The van der Waals surface area contributed by atoms with Gasteiger partial charge in [0.15, 0.2) is 5.82 Å². The van der Waals surface area contributed by atoms with E-state index in [1.807, 2.05) is 19.0 Å². The Morgan fingerprint density at radius 1 is 1.21 bits per heavy atom. The van der Waals surface area contributed by atoms with Crippen molar-refractivity contribution in [2.75, 3.05) is 56.1 Å². The predicted octanol–water partition coefficient (Wildman–Crippen LogP) is 3.36. The van der Waals surface area contributed by atoms with Gasteiger partial charge in [-0.3, -0.25) is 14.7 Å². The maximum Gasteiger partial charge on any atom is 0.343 e. The number of hydrogen-bond donors (Lipinski definition) is 2. The van der Waals surface area contributed by atoms with Crippen LogP contribution in [0.4, 0.5) is 32.3 Å². The summed E-state index contributed by atoms with van der Waals surface area (Å²) in [5, 5.41) is 9.66. The van der Waals surface area contributed by atoms with Crippen LogP contribution >= 0.6 is 0 Å². The van der Waals surface area contributed by atoms with Gasteiger partial charge in [0.2, 0.25) is 5.95 Å². The van der Waals surface area contributed by atoms with Crippen LogP contribution in [0.1, 0.15) is 49.4 Å². The summed E-state index contributed by atoms with van der Waals surface area (Å²) in [6.07, 6.45) is 6.56. The van der Waals surface area contributed by atoms with Gasteiger partial charge in [0.25, 0.3) is 5.91 Å². The molecule has 3 aliphatic rings. The first-order valence-corrected chi connectivity index (χ1v) is 13.2. The number of hydrogen-bond acceptors (Lipinski definition) is 8. The number of rotatable bonds is 7. The number of benzene rings is 1. The standard InChI is InChI=1S/C26H35FN8O3/c1-5-34-26(37)33(3)21-14-28-25(31-23(21)35(34)17-8-6-7-9-17)30-20-13-19(27)18(12-22(20)38-4)24(36)29-16-10-11-32(2)15-16/h12-14,16-17H,5-11,15H2,1-4H3,(H,29,36)(H,28,30,31)/t16-/m1/s1. The topological polar surface area (TPSA) is 106 Å². The Morgan fingerprint density at radius 3 is 2.63 bits per heavy atom. The molecule has 0 spiro atoms. The molecule has 12 heteroatoms. The maximum atomic E-state index is 15.1. The molecule has 1 aliphatic carbocycles. The summed E-state index contributed by atoms with van der Waals surface area (Å²) >= 11 is 0. The van der Waals surface area contributed by atoms with Crippen molar-refractivity contribution >= 4 is 35.1 Å². The largest absolute Gasteiger partial charge is 0.495 e. The molecular formula is C26H35FN8O3. The Labute approximate surface area is 221 Å². The van der Waals surface area contributed by atoms with E-state index < -0.39 is 11.7 Å². The molecule has 2 aromatic rings. The van der Waals surface area contributed by atoms with Crippen LogP contribution in [-0.4, -0.2) is 84.7 Å². The van der Waals surface area contributed by atoms with Crippen molar-refractivity contribution in [2.45, 2.75) is 51.1 Å². The fourth-order valence-corrected chi connectivity index (χ4v) is 5.55. The van der Waals surface area contributed by atoms with Crippen LogP contribution in [0.5, 0.6) is 5.75 Å². The molecule has 5 rings (SSSR count). The van der Waals surface area contributed by atoms with Gasteiger partial charge >= 0.3 is 6.03 Å². The molecule has 0 radical (unpaired) electrons. The molecule has 1 aromatic carbocycles. The maximum absolute atomic E-state index is 15.1. The number of likely N-dealkylation sites (N-methyl/N-ethyl adjacent to an activating group) is 1. The fraction of sp³-hybridized carbons (Fsp3) is 0.538. The lowest BCUT2D eigenvalue weighted by atomic mass is 10.1.